The van der Waals surface area contributed by atoms with Crippen LogP contribution in [-0.4, -0.2) is 52.3 Å². The van der Waals surface area contributed by atoms with E-state index >= 15 is 0 Å². The lowest BCUT2D eigenvalue weighted by Gasteiger charge is -2.22. The van der Waals surface area contributed by atoms with Crippen LogP contribution in [0.4, 0.5) is 0 Å². The Morgan fingerprint density at radius 3 is 2.30 bits per heavy atom. The second-order valence-corrected chi connectivity index (χ2v) is 7.16. The molecule has 1 unspecified atom stereocenters. The zero-order valence-electron chi connectivity index (χ0n) is 17.4. The molecule has 0 bridgehead atoms. The molecule has 1 fully saturated rings. The highest BCUT2D eigenvalue weighted by Gasteiger charge is 2.25. The van der Waals surface area contributed by atoms with Gasteiger partial charge in [0, 0.05) is 26.7 Å². The quantitative estimate of drug-likeness (QED) is 0.358. The molecule has 1 aliphatic rings. The molecular formula is C20H34IN3O3. The summed E-state index contributed by atoms with van der Waals surface area (Å²) in [6.45, 7) is 7.37. The number of aliphatic imine (C=N–C) groups is 1. The summed E-state index contributed by atoms with van der Waals surface area (Å²) in [4.78, 5) is 6.81. The first-order valence-electron chi connectivity index (χ1n) is 9.26. The second-order valence-electron chi connectivity index (χ2n) is 7.16. The van der Waals surface area contributed by atoms with Crippen LogP contribution in [0.15, 0.2) is 17.1 Å². The van der Waals surface area contributed by atoms with E-state index in [1.165, 1.54) is 12.8 Å². The molecule has 6 nitrogen and oxygen atoms in total. The molecule has 154 valence electrons. The van der Waals surface area contributed by atoms with Gasteiger partial charge in [0.1, 0.15) is 0 Å². The number of benzene rings is 1. The normalized spacial score (nSPS) is 16.9. The maximum Gasteiger partial charge on any atom is 0.203 e. The predicted octanol–water partition coefficient (Wildman–Crippen LogP) is 3.77. The van der Waals surface area contributed by atoms with E-state index in [0.717, 1.165) is 36.4 Å². The van der Waals surface area contributed by atoms with Crippen molar-refractivity contribution in [2.24, 2.45) is 16.8 Å². The maximum atomic E-state index is 5.43. The van der Waals surface area contributed by atoms with Gasteiger partial charge in [0.15, 0.2) is 17.5 Å². The van der Waals surface area contributed by atoms with Crippen molar-refractivity contribution in [2.45, 2.75) is 33.2 Å². The lowest BCUT2D eigenvalue weighted by Crippen LogP contribution is -2.39. The summed E-state index contributed by atoms with van der Waals surface area (Å²) < 4.78 is 16.2. The van der Waals surface area contributed by atoms with Crippen molar-refractivity contribution in [2.75, 3.05) is 41.5 Å². The number of ether oxygens (including phenoxy) is 3. The number of guanidine groups is 1. The lowest BCUT2D eigenvalue weighted by molar-refractivity contribution is 0.323. The largest absolute Gasteiger partial charge is 0.493 e. The Hall–Kier alpha value is -1.38. The number of nitrogens with zero attached hydrogens (tertiary/aromatic N) is 2. The zero-order chi connectivity index (χ0) is 19.1. The predicted molar refractivity (Wildman–Crippen MR) is 121 cm³/mol. The van der Waals surface area contributed by atoms with Gasteiger partial charge in [-0.05, 0) is 42.4 Å². The fourth-order valence-electron chi connectivity index (χ4n) is 3.63. The van der Waals surface area contributed by atoms with E-state index in [2.05, 4.69) is 29.1 Å². The average molecular weight is 491 g/mol. The van der Waals surface area contributed by atoms with E-state index in [4.69, 9.17) is 14.2 Å². The summed E-state index contributed by atoms with van der Waals surface area (Å²) in [5, 5.41) is 3.47. The van der Waals surface area contributed by atoms with Crippen molar-refractivity contribution in [1.29, 1.82) is 0 Å². The number of hydrogen-bond acceptors (Lipinski definition) is 4. The van der Waals surface area contributed by atoms with Crippen LogP contribution in [0.1, 0.15) is 32.3 Å². The minimum Gasteiger partial charge on any atom is -0.493 e. The topological polar surface area (TPSA) is 55.3 Å². The van der Waals surface area contributed by atoms with Gasteiger partial charge in [0.05, 0.1) is 21.3 Å². The van der Waals surface area contributed by atoms with Gasteiger partial charge in [-0.1, -0.05) is 13.8 Å². The van der Waals surface area contributed by atoms with Crippen LogP contribution in [-0.2, 0) is 6.54 Å². The SMILES string of the molecule is CN=C(NCc1cc(OC)c(OC)c(OC)c1)N1CCC(CC(C)C)C1.I. The van der Waals surface area contributed by atoms with E-state index < -0.39 is 0 Å². The number of likely N-dealkylation sites (tertiary alicyclic amines) is 1. The molecule has 1 atom stereocenters. The number of hydrogen-bond donors (Lipinski definition) is 1. The molecule has 1 heterocycles. The summed E-state index contributed by atoms with van der Waals surface area (Å²) >= 11 is 0. The molecule has 1 saturated heterocycles. The molecule has 0 amide bonds. The first-order chi connectivity index (χ1) is 12.5. The van der Waals surface area contributed by atoms with E-state index in [-0.39, 0.29) is 24.0 Å². The Balaban J connectivity index is 0.00000364. The Kier molecular flexibility index (Phi) is 10.0. The first-order valence-corrected chi connectivity index (χ1v) is 9.26. The fourth-order valence-corrected chi connectivity index (χ4v) is 3.63. The van der Waals surface area contributed by atoms with Gasteiger partial charge in [0.25, 0.3) is 0 Å². The van der Waals surface area contributed by atoms with Gasteiger partial charge in [-0.25, -0.2) is 0 Å². The third-order valence-corrected chi connectivity index (χ3v) is 4.78. The molecule has 1 aromatic carbocycles. The van der Waals surface area contributed by atoms with Crippen LogP contribution in [0.3, 0.4) is 0 Å². The molecule has 1 N–H and O–H groups in total. The van der Waals surface area contributed by atoms with Gasteiger partial charge in [0.2, 0.25) is 5.75 Å². The van der Waals surface area contributed by atoms with Crippen LogP contribution < -0.4 is 19.5 Å². The monoisotopic (exact) mass is 491 g/mol. The molecule has 0 aliphatic carbocycles. The highest BCUT2D eigenvalue weighted by molar-refractivity contribution is 14.0. The molecule has 0 spiro atoms. The first kappa shape index (κ1) is 23.7. The minimum atomic E-state index is 0. The molecule has 0 radical (unpaired) electrons. The summed E-state index contributed by atoms with van der Waals surface area (Å²) in [7, 11) is 6.72. The number of nitrogens with one attached hydrogen (secondary N) is 1. The number of halogens is 1. The Morgan fingerprint density at radius 2 is 1.81 bits per heavy atom. The second kappa shape index (κ2) is 11.5. The molecular weight excluding hydrogens is 457 g/mol. The Labute approximate surface area is 180 Å². The molecule has 2 rings (SSSR count). The van der Waals surface area contributed by atoms with Crippen LogP contribution in [0.2, 0.25) is 0 Å². The zero-order valence-corrected chi connectivity index (χ0v) is 19.7. The fraction of sp³-hybridized carbons (Fsp3) is 0.650. The van der Waals surface area contributed by atoms with Gasteiger partial charge >= 0.3 is 0 Å². The van der Waals surface area contributed by atoms with Gasteiger partial charge < -0.3 is 24.4 Å². The third kappa shape index (κ3) is 6.33. The Morgan fingerprint density at radius 1 is 1.19 bits per heavy atom. The minimum absolute atomic E-state index is 0. The van der Waals surface area contributed by atoms with Crippen LogP contribution >= 0.6 is 24.0 Å². The van der Waals surface area contributed by atoms with Crippen molar-refractivity contribution in [3.63, 3.8) is 0 Å². The van der Waals surface area contributed by atoms with E-state index in [0.29, 0.717) is 23.8 Å². The van der Waals surface area contributed by atoms with Crippen LogP contribution in [0.5, 0.6) is 17.2 Å². The van der Waals surface area contributed by atoms with Gasteiger partial charge in [-0.15, -0.1) is 24.0 Å². The molecule has 0 aromatic heterocycles. The Bertz CT molecular complexity index is 597. The number of methoxy groups -OCH3 is 3. The van der Waals surface area contributed by atoms with Crippen molar-refractivity contribution >= 4 is 29.9 Å². The van der Waals surface area contributed by atoms with Gasteiger partial charge in [-0.3, -0.25) is 4.99 Å². The highest BCUT2D eigenvalue weighted by Crippen LogP contribution is 2.38. The van der Waals surface area contributed by atoms with Crippen molar-refractivity contribution in [3.8, 4) is 17.2 Å². The maximum absolute atomic E-state index is 5.43. The van der Waals surface area contributed by atoms with Crippen molar-refractivity contribution < 1.29 is 14.2 Å². The molecule has 7 heteroatoms. The standard InChI is InChI=1S/C20H33N3O3.HI/c1-14(2)9-15-7-8-23(13-15)20(21-3)22-12-16-10-17(24-4)19(26-6)18(11-16)25-5;/h10-11,14-15H,7-9,12-13H2,1-6H3,(H,21,22);1H. The van der Waals surface area contributed by atoms with Crippen molar-refractivity contribution in [1.82, 2.24) is 10.2 Å². The summed E-state index contributed by atoms with van der Waals surface area (Å²) in [5.41, 5.74) is 1.05. The lowest BCUT2D eigenvalue weighted by atomic mass is 9.97. The van der Waals surface area contributed by atoms with E-state index in [1.807, 2.05) is 19.2 Å². The molecule has 1 aromatic rings. The van der Waals surface area contributed by atoms with E-state index in [1.54, 1.807) is 21.3 Å². The van der Waals surface area contributed by atoms with Crippen molar-refractivity contribution in [3.05, 3.63) is 17.7 Å². The molecule has 1 aliphatic heterocycles. The summed E-state index contributed by atoms with van der Waals surface area (Å²) in [5.74, 6) is 4.39. The summed E-state index contributed by atoms with van der Waals surface area (Å²) in [6.07, 6.45) is 2.52. The average Bonchev–Trinajstić information content (AvgIpc) is 3.08. The number of rotatable bonds is 7. The van der Waals surface area contributed by atoms with E-state index in [9.17, 15) is 0 Å². The van der Waals surface area contributed by atoms with Crippen LogP contribution in [0.25, 0.3) is 0 Å². The molecule has 27 heavy (non-hydrogen) atoms. The van der Waals surface area contributed by atoms with Gasteiger partial charge in [-0.2, -0.15) is 0 Å². The third-order valence-electron chi connectivity index (χ3n) is 4.78. The smallest absolute Gasteiger partial charge is 0.203 e. The molecule has 0 saturated carbocycles. The van der Waals surface area contributed by atoms with Crippen LogP contribution in [0, 0.1) is 11.8 Å². The summed E-state index contributed by atoms with van der Waals surface area (Å²) in [6, 6.07) is 3.93. The highest BCUT2D eigenvalue weighted by atomic mass is 127.